The van der Waals surface area contributed by atoms with Crippen molar-refractivity contribution in [2.24, 2.45) is 0 Å². The molecule has 0 aliphatic carbocycles. The van der Waals surface area contributed by atoms with Crippen LogP contribution in [0.4, 0.5) is 13.2 Å². The Balaban J connectivity index is 3.40. The molecule has 0 spiro atoms. The van der Waals surface area contributed by atoms with Gasteiger partial charge in [0.1, 0.15) is 5.82 Å². The number of hydrogen-bond donors (Lipinski definition) is 0. The van der Waals surface area contributed by atoms with Crippen LogP contribution >= 0.6 is 0 Å². The summed E-state index contributed by atoms with van der Waals surface area (Å²) in [7, 11) is 1.04. The summed E-state index contributed by atoms with van der Waals surface area (Å²) in [5.41, 5.74) is -1.56. The molecule has 1 rings (SSSR count). The van der Waals surface area contributed by atoms with Gasteiger partial charge in [0.15, 0.2) is 5.69 Å². The molecule has 0 radical (unpaired) electrons. The third-order valence-corrected chi connectivity index (χ3v) is 1.92. The molecular weight excluding hydrogens is 211 g/mol. The van der Waals surface area contributed by atoms with Gasteiger partial charge in [-0.1, -0.05) is 0 Å². The number of hydrogen-bond acceptors (Lipinski definition) is 3. The quantitative estimate of drug-likeness (QED) is 0.716. The highest BCUT2D eigenvalue weighted by atomic mass is 19.3. The lowest BCUT2D eigenvalue weighted by Gasteiger charge is -2.09. The maximum atomic E-state index is 12.9. The van der Waals surface area contributed by atoms with E-state index in [1.54, 1.807) is 0 Å². The van der Waals surface area contributed by atoms with Crippen LogP contribution in [-0.4, -0.2) is 18.1 Å². The number of alkyl halides is 2. The molecule has 0 fully saturated rings. The number of rotatable bonds is 2. The van der Waals surface area contributed by atoms with E-state index in [4.69, 9.17) is 0 Å². The average Bonchev–Trinajstić information content (AvgIpc) is 2.20. The molecule has 0 atom stereocenters. The smallest absolute Gasteiger partial charge is 0.357 e. The fourth-order valence-electron chi connectivity index (χ4n) is 1.12. The predicted molar refractivity (Wildman–Crippen MR) is 45.2 cm³/mol. The lowest BCUT2D eigenvalue weighted by Crippen LogP contribution is -2.11. The minimum absolute atomic E-state index is 0.291. The van der Waals surface area contributed by atoms with Gasteiger partial charge in [-0.15, -0.1) is 0 Å². The van der Waals surface area contributed by atoms with E-state index in [0.717, 1.165) is 14.0 Å². The SMILES string of the molecule is COC(=O)c1ncc(F)c(C)c1C(F)F. The fraction of sp³-hybridized carbons (Fsp3) is 0.333. The number of ether oxygens (including phenoxy) is 1. The zero-order valence-corrected chi connectivity index (χ0v) is 8.05. The summed E-state index contributed by atoms with van der Waals surface area (Å²) in [6, 6.07) is 0. The van der Waals surface area contributed by atoms with Crippen molar-refractivity contribution in [2.45, 2.75) is 13.3 Å². The highest BCUT2D eigenvalue weighted by molar-refractivity contribution is 5.89. The van der Waals surface area contributed by atoms with Crippen LogP contribution in [0.25, 0.3) is 0 Å². The minimum atomic E-state index is -2.97. The molecule has 0 saturated carbocycles. The van der Waals surface area contributed by atoms with Gasteiger partial charge in [0.2, 0.25) is 0 Å². The van der Waals surface area contributed by atoms with E-state index in [-0.39, 0.29) is 5.56 Å². The van der Waals surface area contributed by atoms with Gasteiger partial charge in [0.05, 0.1) is 18.9 Å². The monoisotopic (exact) mass is 219 g/mol. The first-order valence-electron chi connectivity index (χ1n) is 4.00. The van der Waals surface area contributed by atoms with E-state index < -0.39 is 29.5 Å². The van der Waals surface area contributed by atoms with Crippen molar-refractivity contribution in [2.75, 3.05) is 7.11 Å². The molecule has 0 saturated heterocycles. The van der Waals surface area contributed by atoms with Crippen molar-refractivity contribution < 1.29 is 22.7 Å². The van der Waals surface area contributed by atoms with Crippen LogP contribution in [0.3, 0.4) is 0 Å². The maximum Gasteiger partial charge on any atom is 0.357 e. The molecule has 15 heavy (non-hydrogen) atoms. The second-order valence-corrected chi connectivity index (χ2v) is 2.79. The summed E-state index contributed by atoms with van der Waals surface area (Å²) >= 11 is 0. The molecule has 0 N–H and O–H groups in total. The fourth-order valence-corrected chi connectivity index (χ4v) is 1.12. The molecule has 3 nitrogen and oxygen atoms in total. The molecule has 1 aromatic rings. The zero-order chi connectivity index (χ0) is 11.6. The number of carbonyl (C=O) groups excluding carboxylic acids is 1. The Morgan fingerprint density at radius 1 is 1.53 bits per heavy atom. The normalized spacial score (nSPS) is 10.5. The highest BCUT2D eigenvalue weighted by Crippen LogP contribution is 2.27. The Hall–Kier alpha value is -1.59. The molecule has 82 valence electrons. The van der Waals surface area contributed by atoms with E-state index in [0.29, 0.717) is 6.20 Å². The van der Waals surface area contributed by atoms with Crippen LogP contribution in [0.5, 0.6) is 0 Å². The van der Waals surface area contributed by atoms with Gasteiger partial charge in [-0.3, -0.25) is 0 Å². The van der Waals surface area contributed by atoms with E-state index in [2.05, 4.69) is 9.72 Å². The van der Waals surface area contributed by atoms with Crippen molar-refractivity contribution in [1.82, 2.24) is 4.98 Å². The molecule has 0 unspecified atom stereocenters. The largest absolute Gasteiger partial charge is 0.464 e. The minimum Gasteiger partial charge on any atom is -0.464 e. The van der Waals surface area contributed by atoms with Gasteiger partial charge >= 0.3 is 5.97 Å². The van der Waals surface area contributed by atoms with Crippen molar-refractivity contribution in [3.63, 3.8) is 0 Å². The maximum absolute atomic E-state index is 12.9. The molecular formula is C9H8F3NO2. The van der Waals surface area contributed by atoms with Gasteiger partial charge in [-0.2, -0.15) is 0 Å². The topological polar surface area (TPSA) is 39.2 Å². The predicted octanol–water partition coefficient (Wildman–Crippen LogP) is 2.25. The Kier molecular flexibility index (Phi) is 3.28. The van der Waals surface area contributed by atoms with Crippen LogP contribution < -0.4 is 0 Å². The molecule has 0 aliphatic rings. The summed E-state index contributed by atoms with van der Waals surface area (Å²) in [6.45, 7) is 1.16. The van der Waals surface area contributed by atoms with Gasteiger partial charge in [-0.05, 0) is 12.5 Å². The zero-order valence-electron chi connectivity index (χ0n) is 8.05. The molecule has 0 amide bonds. The van der Waals surface area contributed by atoms with Crippen molar-refractivity contribution in [3.8, 4) is 0 Å². The van der Waals surface area contributed by atoms with Gasteiger partial charge in [0, 0.05) is 0 Å². The third kappa shape index (κ3) is 2.08. The molecule has 6 heteroatoms. The van der Waals surface area contributed by atoms with Crippen molar-refractivity contribution in [1.29, 1.82) is 0 Å². The van der Waals surface area contributed by atoms with Crippen molar-refractivity contribution in [3.05, 3.63) is 28.8 Å². The number of nitrogens with zero attached hydrogens (tertiary/aromatic N) is 1. The molecule has 0 aliphatic heterocycles. The highest BCUT2D eigenvalue weighted by Gasteiger charge is 2.24. The van der Waals surface area contributed by atoms with E-state index in [1.165, 1.54) is 0 Å². The van der Waals surface area contributed by atoms with Crippen LogP contribution in [0.1, 0.15) is 28.0 Å². The molecule has 1 aromatic heterocycles. The lowest BCUT2D eigenvalue weighted by atomic mass is 10.1. The van der Waals surface area contributed by atoms with Gasteiger partial charge < -0.3 is 4.74 Å². The van der Waals surface area contributed by atoms with Crippen molar-refractivity contribution >= 4 is 5.97 Å². The second-order valence-electron chi connectivity index (χ2n) is 2.79. The summed E-state index contributed by atoms with van der Waals surface area (Å²) < 4.78 is 42.3. The van der Waals surface area contributed by atoms with E-state index >= 15 is 0 Å². The lowest BCUT2D eigenvalue weighted by molar-refractivity contribution is 0.0581. The molecule has 0 aromatic carbocycles. The van der Waals surface area contributed by atoms with Crippen LogP contribution in [-0.2, 0) is 4.74 Å². The Labute approximate surface area is 83.9 Å². The number of esters is 1. The van der Waals surface area contributed by atoms with E-state index in [1.807, 2.05) is 0 Å². The van der Waals surface area contributed by atoms with Gasteiger partial charge in [-0.25, -0.2) is 22.9 Å². The van der Waals surface area contributed by atoms with Crippen LogP contribution in [0, 0.1) is 12.7 Å². The molecule has 0 bridgehead atoms. The Bertz CT molecular complexity index is 393. The molecule has 1 heterocycles. The number of halogens is 3. The first-order chi connectivity index (χ1) is 6.99. The summed E-state index contributed by atoms with van der Waals surface area (Å²) in [5.74, 6) is -1.88. The third-order valence-electron chi connectivity index (χ3n) is 1.92. The summed E-state index contributed by atoms with van der Waals surface area (Å²) in [4.78, 5) is 14.4. The Morgan fingerprint density at radius 3 is 2.60 bits per heavy atom. The Morgan fingerprint density at radius 2 is 2.13 bits per heavy atom. The number of aromatic nitrogens is 1. The summed E-state index contributed by atoms with van der Waals surface area (Å²) in [6.07, 6.45) is -2.25. The first-order valence-corrected chi connectivity index (χ1v) is 4.00. The van der Waals surface area contributed by atoms with Gasteiger partial charge in [0.25, 0.3) is 6.43 Å². The summed E-state index contributed by atoms with van der Waals surface area (Å²) in [5, 5.41) is 0. The number of methoxy groups -OCH3 is 1. The van der Waals surface area contributed by atoms with Crippen LogP contribution in [0.2, 0.25) is 0 Å². The number of carbonyl (C=O) groups is 1. The first kappa shape index (κ1) is 11.5. The average molecular weight is 219 g/mol. The van der Waals surface area contributed by atoms with Crippen LogP contribution in [0.15, 0.2) is 6.20 Å². The standard InChI is InChI=1S/C9H8F3NO2/c1-4-5(10)3-13-7(9(14)15-2)6(4)8(11)12/h3,8H,1-2H3. The van der Waals surface area contributed by atoms with E-state index in [9.17, 15) is 18.0 Å². The number of pyridine rings is 1. The second kappa shape index (κ2) is 4.29.